The molecular weight excluding hydrogens is 1020 g/mol. The smallest absolute Gasteiger partial charge is 0.135 e. The molecule has 6 heteroatoms. The maximum atomic E-state index is 6.38. The highest BCUT2D eigenvalue weighted by molar-refractivity contribution is 6.38. The summed E-state index contributed by atoms with van der Waals surface area (Å²) in [6.07, 6.45) is 0. The van der Waals surface area contributed by atoms with E-state index in [1.807, 2.05) is 12.1 Å². The minimum Gasteiger partial charge on any atom is -0.456 e. The van der Waals surface area contributed by atoms with Crippen molar-refractivity contribution in [3.8, 4) is 22.3 Å². The van der Waals surface area contributed by atoms with Gasteiger partial charge in [0.05, 0.1) is 33.1 Å². The Hall–Kier alpha value is -11.3. The van der Waals surface area contributed by atoms with E-state index >= 15 is 0 Å². The second-order valence-electron chi connectivity index (χ2n) is 22.3. The molecule has 0 aliphatic carbocycles. The van der Waals surface area contributed by atoms with Crippen LogP contribution in [0.25, 0.3) is 142 Å². The molecule has 0 spiro atoms. The number of anilines is 6. The molecule has 13 aromatic carbocycles. The van der Waals surface area contributed by atoms with E-state index in [0.29, 0.717) is 0 Å². The summed E-state index contributed by atoms with van der Waals surface area (Å²) in [6, 6.07) is 102. The average molecular weight is 1070 g/mol. The van der Waals surface area contributed by atoms with Crippen molar-refractivity contribution in [2.45, 2.75) is 0 Å². The van der Waals surface area contributed by atoms with Crippen LogP contribution >= 0.6 is 0 Å². The SMILES string of the molecule is c1ccc(-c2c3c4cccc5c6ccc(N(c7ccccc7)c7ccc8oc9ccccc9c8c7)cc6n(c3c(-c3ccccc3)c3c6cccc7c8ccc(N(c9ccccc9)c9ccc%10oc%11ccccc%11c%10c9)cc8n(c23)c76)c54)cc1. The maximum Gasteiger partial charge on any atom is 0.135 e. The van der Waals surface area contributed by atoms with Crippen molar-refractivity contribution < 1.29 is 8.83 Å². The highest BCUT2D eigenvalue weighted by Gasteiger charge is 2.31. The number of fused-ring (bicyclic) bond motifs is 18. The molecule has 6 nitrogen and oxygen atoms in total. The van der Waals surface area contributed by atoms with Gasteiger partial charge in [-0.3, -0.25) is 0 Å². The summed E-state index contributed by atoms with van der Waals surface area (Å²) in [7, 11) is 0. The highest BCUT2D eigenvalue weighted by atomic mass is 16.3. The lowest BCUT2D eigenvalue weighted by Crippen LogP contribution is -2.09. The lowest BCUT2D eigenvalue weighted by molar-refractivity contribution is 0.668. The second kappa shape index (κ2) is 17.1. The quantitative estimate of drug-likeness (QED) is 0.152. The second-order valence-corrected chi connectivity index (χ2v) is 22.3. The van der Waals surface area contributed by atoms with E-state index in [1.165, 1.54) is 87.4 Å². The fourth-order valence-electron chi connectivity index (χ4n) is 14.5. The molecule has 0 amide bonds. The molecule has 6 aromatic heterocycles. The normalized spacial score (nSPS) is 12.3. The van der Waals surface area contributed by atoms with E-state index in [-0.39, 0.29) is 0 Å². The van der Waals surface area contributed by atoms with Gasteiger partial charge in [0.15, 0.2) is 0 Å². The summed E-state index contributed by atoms with van der Waals surface area (Å²) in [5.74, 6) is 0. The Morgan fingerprint density at radius 3 is 1.01 bits per heavy atom. The summed E-state index contributed by atoms with van der Waals surface area (Å²) >= 11 is 0. The summed E-state index contributed by atoms with van der Waals surface area (Å²) in [5.41, 5.74) is 21.8. The third-order valence-corrected chi connectivity index (χ3v) is 17.9. The first-order valence-corrected chi connectivity index (χ1v) is 28.7. The van der Waals surface area contributed by atoms with Crippen LogP contribution in [-0.2, 0) is 0 Å². The number of furan rings is 2. The molecule has 0 bridgehead atoms. The predicted molar refractivity (Wildman–Crippen MR) is 351 cm³/mol. The zero-order chi connectivity index (χ0) is 54.7. The Bertz CT molecular complexity index is 5490. The Balaban J connectivity index is 0.939. The number of hydrogen-bond acceptors (Lipinski definition) is 4. The number of benzene rings is 13. The van der Waals surface area contributed by atoms with Crippen LogP contribution in [0.5, 0.6) is 0 Å². The van der Waals surface area contributed by atoms with E-state index in [4.69, 9.17) is 8.83 Å². The molecule has 19 aromatic rings. The fraction of sp³-hybridized carbons (Fsp3) is 0. The van der Waals surface area contributed by atoms with Crippen molar-refractivity contribution in [2.75, 3.05) is 9.80 Å². The number of nitrogens with zero attached hydrogens (tertiary/aromatic N) is 4. The van der Waals surface area contributed by atoms with Crippen LogP contribution in [0.2, 0.25) is 0 Å². The Kier molecular flexibility index (Phi) is 9.24. The van der Waals surface area contributed by atoms with Gasteiger partial charge in [0, 0.05) is 110 Å². The Morgan fingerprint density at radius 2 is 0.571 bits per heavy atom. The first kappa shape index (κ1) is 45.4. The largest absolute Gasteiger partial charge is 0.456 e. The molecule has 84 heavy (non-hydrogen) atoms. The van der Waals surface area contributed by atoms with Gasteiger partial charge in [0.2, 0.25) is 0 Å². The van der Waals surface area contributed by atoms with Crippen LogP contribution in [0.4, 0.5) is 34.1 Å². The molecule has 0 unspecified atom stereocenters. The van der Waals surface area contributed by atoms with Crippen molar-refractivity contribution in [1.82, 2.24) is 8.80 Å². The van der Waals surface area contributed by atoms with Gasteiger partial charge in [-0.05, 0) is 108 Å². The molecule has 0 saturated heterocycles. The van der Waals surface area contributed by atoms with Crippen molar-refractivity contribution in [1.29, 1.82) is 0 Å². The zero-order valence-corrected chi connectivity index (χ0v) is 45.2. The Labute approximate surface area is 480 Å². The van der Waals surface area contributed by atoms with E-state index in [1.54, 1.807) is 0 Å². The summed E-state index contributed by atoms with van der Waals surface area (Å²) < 4.78 is 18.0. The van der Waals surface area contributed by atoms with Crippen molar-refractivity contribution in [2.24, 2.45) is 0 Å². The van der Waals surface area contributed by atoms with Crippen molar-refractivity contribution >= 4 is 154 Å². The summed E-state index contributed by atoms with van der Waals surface area (Å²) in [6.45, 7) is 0. The number of rotatable bonds is 8. The van der Waals surface area contributed by atoms with Gasteiger partial charge in [-0.25, -0.2) is 0 Å². The van der Waals surface area contributed by atoms with Crippen molar-refractivity contribution in [3.63, 3.8) is 0 Å². The molecule has 0 fully saturated rings. The molecule has 0 N–H and O–H groups in total. The lowest BCUT2D eigenvalue weighted by Gasteiger charge is -2.26. The van der Waals surface area contributed by atoms with E-state index in [9.17, 15) is 0 Å². The van der Waals surface area contributed by atoms with Crippen LogP contribution in [0, 0.1) is 0 Å². The van der Waals surface area contributed by atoms with Gasteiger partial charge in [-0.2, -0.15) is 0 Å². The van der Waals surface area contributed by atoms with E-state index in [0.717, 1.165) is 89.0 Å². The van der Waals surface area contributed by atoms with Crippen LogP contribution in [-0.4, -0.2) is 8.80 Å². The minimum absolute atomic E-state index is 0.872. The van der Waals surface area contributed by atoms with E-state index < -0.39 is 0 Å². The number of para-hydroxylation sites is 6. The summed E-state index contributed by atoms with van der Waals surface area (Å²) in [4.78, 5) is 4.78. The van der Waals surface area contributed by atoms with Crippen molar-refractivity contribution in [3.05, 3.63) is 279 Å². The van der Waals surface area contributed by atoms with Gasteiger partial charge < -0.3 is 27.4 Å². The molecule has 0 aliphatic rings. The minimum atomic E-state index is 0.872. The first-order chi connectivity index (χ1) is 41.7. The zero-order valence-electron chi connectivity index (χ0n) is 45.2. The molecule has 0 saturated carbocycles. The Morgan fingerprint density at radius 1 is 0.226 bits per heavy atom. The summed E-state index contributed by atoms with van der Waals surface area (Å²) in [5, 5.41) is 14.2. The molecular formula is C78H46N4O2. The maximum absolute atomic E-state index is 6.38. The predicted octanol–water partition coefficient (Wildman–Crippen LogP) is 22.1. The molecule has 390 valence electrons. The van der Waals surface area contributed by atoms with Crippen LogP contribution in [0.1, 0.15) is 0 Å². The topological polar surface area (TPSA) is 41.6 Å². The van der Waals surface area contributed by atoms with Crippen LogP contribution < -0.4 is 9.80 Å². The van der Waals surface area contributed by atoms with Gasteiger partial charge >= 0.3 is 0 Å². The number of hydrogen-bond donors (Lipinski definition) is 0. The average Bonchev–Trinajstić information content (AvgIpc) is 1.62. The third-order valence-electron chi connectivity index (χ3n) is 17.9. The van der Waals surface area contributed by atoms with Gasteiger partial charge in [0.25, 0.3) is 0 Å². The van der Waals surface area contributed by atoms with Gasteiger partial charge in [-0.1, -0.05) is 182 Å². The van der Waals surface area contributed by atoms with Crippen LogP contribution in [0.3, 0.4) is 0 Å². The molecule has 19 rings (SSSR count). The first-order valence-electron chi connectivity index (χ1n) is 28.7. The molecule has 0 atom stereocenters. The fourth-order valence-corrected chi connectivity index (χ4v) is 14.5. The van der Waals surface area contributed by atoms with Gasteiger partial charge in [0.1, 0.15) is 22.3 Å². The van der Waals surface area contributed by atoms with Gasteiger partial charge in [-0.15, -0.1) is 0 Å². The monoisotopic (exact) mass is 1070 g/mol. The standard InChI is InChI=1S/C78H46N4O2/c1-5-19-47(20-6-1)71-73-61-31-17-29-59-56-40-36-54(80(50-25-11-4-12-26-50)52-38-42-70-64(44-52)58-28-14-16-34-68(58)84-70)46-66(56)82(75(59)61)78(73)72(48-21-7-2-8-22-48)74-62-32-18-30-60-55-39-35-53(45-65(55)81(76(60)62)77(71)74)79(49-23-9-3-10-24-49)51-37-41-69-63(43-51)57-27-13-15-33-67(57)83-69/h1-46H. The molecule has 0 radical (unpaired) electrons. The molecule has 0 aliphatic heterocycles. The third kappa shape index (κ3) is 6.23. The van der Waals surface area contributed by atoms with E-state index in [2.05, 4.69) is 286 Å². The van der Waals surface area contributed by atoms with Crippen LogP contribution in [0.15, 0.2) is 288 Å². The lowest BCUT2D eigenvalue weighted by atomic mass is 9.89. The number of aromatic nitrogens is 2. The highest BCUT2D eigenvalue weighted by Crippen LogP contribution is 2.55. The molecule has 6 heterocycles.